The third-order valence-electron chi connectivity index (χ3n) is 3.03. The molecule has 2 rings (SSSR count). The lowest BCUT2D eigenvalue weighted by molar-refractivity contribution is -0.0668. The predicted octanol–water partition coefficient (Wildman–Crippen LogP) is -2.94. The van der Waals surface area contributed by atoms with Crippen molar-refractivity contribution in [2.45, 2.75) is 30.3 Å². The maximum atomic E-state index is 11.9. The van der Waals surface area contributed by atoms with Crippen LogP contribution in [-0.2, 0) is 4.74 Å². The van der Waals surface area contributed by atoms with Crippen molar-refractivity contribution < 1.29 is 30.3 Å². The second kappa shape index (κ2) is 6.24. The predicted molar refractivity (Wildman–Crippen MR) is 66.9 cm³/mol. The van der Waals surface area contributed by atoms with E-state index in [0.29, 0.717) is 0 Å². The molecule has 1 saturated heterocycles. The van der Waals surface area contributed by atoms with Gasteiger partial charge in [0.2, 0.25) is 0 Å². The molecule has 0 aromatic heterocycles. The Kier molecular flexibility index (Phi) is 5.09. The van der Waals surface area contributed by atoms with E-state index >= 15 is 0 Å². The van der Waals surface area contributed by atoms with E-state index in [-0.39, 0.29) is 5.48 Å². The second-order valence-corrected chi connectivity index (χ2v) is 4.40. The van der Waals surface area contributed by atoms with Gasteiger partial charge >= 0.3 is 6.03 Å². The first-order valence-corrected chi connectivity index (χ1v) is 5.69. The Morgan fingerprint density at radius 1 is 1.57 bits per heavy atom. The van der Waals surface area contributed by atoms with Crippen molar-refractivity contribution >= 4 is 6.03 Å². The molecular weight excluding hydrogens is 288 g/mol. The Labute approximate surface area is 118 Å². The Morgan fingerprint density at radius 3 is 2.71 bits per heavy atom. The van der Waals surface area contributed by atoms with Crippen LogP contribution in [0.25, 0.3) is 10.4 Å². The van der Waals surface area contributed by atoms with Crippen molar-refractivity contribution in [2.75, 3.05) is 6.61 Å². The van der Waals surface area contributed by atoms with Crippen molar-refractivity contribution in [1.29, 1.82) is 0 Å². The minimum absolute atomic E-state index is 0. The van der Waals surface area contributed by atoms with Crippen LogP contribution >= 0.6 is 0 Å². The molecule has 21 heavy (non-hydrogen) atoms. The Balaban J connectivity index is 0.00000220. The van der Waals surface area contributed by atoms with E-state index in [1.54, 1.807) is 0 Å². The smallest absolute Gasteiger partial charge is 0.325 e. The molecule has 5 atom stereocenters. The quantitative estimate of drug-likeness (QED) is 0.209. The molecule has 1 fully saturated rings. The van der Waals surface area contributed by atoms with Gasteiger partial charge in [-0.2, -0.15) is 0 Å². The normalized spacial score (nSPS) is 38.5. The lowest BCUT2D eigenvalue weighted by atomic mass is 10.1. The molecule has 2 heterocycles. The minimum Gasteiger partial charge on any atom is -0.412 e. The zero-order valence-electron chi connectivity index (χ0n) is 10.7. The molecule has 0 bridgehead atoms. The van der Waals surface area contributed by atoms with Gasteiger partial charge in [-0.05, 0) is 16.7 Å². The number of aliphatic hydroxyl groups excluding tert-OH is 3. The van der Waals surface area contributed by atoms with Gasteiger partial charge < -0.3 is 36.6 Å². The molecule has 1 unspecified atom stereocenters. The molecule has 0 aromatic rings. The van der Waals surface area contributed by atoms with Crippen LogP contribution in [0, 0.1) is 0 Å². The first-order valence-electron chi connectivity index (χ1n) is 5.69. The first kappa shape index (κ1) is 17.1. The molecule has 118 valence electrons. The van der Waals surface area contributed by atoms with Gasteiger partial charge in [-0.3, -0.25) is 4.90 Å². The lowest BCUT2D eigenvalue weighted by Gasteiger charge is -2.35. The van der Waals surface area contributed by atoms with Crippen LogP contribution in [0.1, 0.15) is 0 Å². The number of hydrogen-bond acceptors (Lipinski definition) is 7. The topological polar surface area (TPSA) is 209 Å². The molecule has 0 aromatic carbocycles. The van der Waals surface area contributed by atoms with Gasteiger partial charge in [0, 0.05) is 11.1 Å². The number of carbonyl (C=O) groups excluding carboxylic acids is 1. The molecule has 0 aliphatic carbocycles. The summed E-state index contributed by atoms with van der Waals surface area (Å²) in [5, 5.41) is 33.8. The highest BCUT2D eigenvalue weighted by Crippen LogP contribution is 2.26. The minimum atomic E-state index is -1.71. The third kappa shape index (κ3) is 3.06. The molecular formula is C9H16N6O6. The summed E-state index contributed by atoms with van der Waals surface area (Å²) in [7, 11) is 0. The summed E-state index contributed by atoms with van der Waals surface area (Å²) >= 11 is 0. The van der Waals surface area contributed by atoms with Gasteiger partial charge in [-0.15, -0.1) is 0 Å². The number of nitrogens with zero attached hydrogens (tertiary/aromatic N) is 4. The van der Waals surface area contributed by atoms with Crippen molar-refractivity contribution in [3.8, 4) is 0 Å². The highest BCUT2D eigenvalue weighted by Gasteiger charge is 2.47. The van der Waals surface area contributed by atoms with E-state index in [0.717, 1.165) is 4.90 Å². The molecule has 2 aliphatic heterocycles. The molecule has 0 radical (unpaired) electrons. The SMILES string of the molecule is O.[N-]=[N+]=NC1(N)C=CN([C@@H]2O[C@H](CO)[C@@H](O)[C@H]2O)C(=O)N1. The molecule has 2 amide bonds. The van der Waals surface area contributed by atoms with E-state index in [1.807, 2.05) is 0 Å². The first-order chi connectivity index (χ1) is 9.41. The van der Waals surface area contributed by atoms with E-state index in [1.165, 1.54) is 12.3 Å². The van der Waals surface area contributed by atoms with Gasteiger partial charge in [-0.25, -0.2) is 4.79 Å². The van der Waals surface area contributed by atoms with Crippen molar-refractivity contribution in [3.05, 3.63) is 22.7 Å². The summed E-state index contributed by atoms with van der Waals surface area (Å²) in [6, 6.07) is -0.780. The summed E-state index contributed by atoms with van der Waals surface area (Å²) in [4.78, 5) is 15.3. The number of urea groups is 1. The zero-order chi connectivity index (χ0) is 14.9. The van der Waals surface area contributed by atoms with Gasteiger partial charge in [0.1, 0.15) is 18.3 Å². The van der Waals surface area contributed by atoms with Crippen LogP contribution < -0.4 is 11.1 Å². The summed E-state index contributed by atoms with van der Waals surface area (Å²) in [5.74, 6) is -1.71. The summed E-state index contributed by atoms with van der Waals surface area (Å²) in [6.07, 6.45) is -2.54. The van der Waals surface area contributed by atoms with Crippen LogP contribution in [0.2, 0.25) is 0 Å². The number of nitrogens with two attached hydrogens (primary N) is 1. The average molecular weight is 304 g/mol. The van der Waals surface area contributed by atoms with Gasteiger partial charge in [0.05, 0.1) is 6.61 Å². The molecule has 12 nitrogen and oxygen atoms in total. The molecule has 2 aliphatic rings. The third-order valence-corrected chi connectivity index (χ3v) is 3.03. The second-order valence-electron chi connectivity index (χ2n) is 4.40. The fourth-order valence-corrected chi connectivity index (χ4v) is 1.98. The molecule has 12 heteroatoms. The van der Waals surface area contributed by atoms with E-state index < -0.39 is 43.0 Å². The van der Waals surface area contributed by atoms with Crippen molar-refractivity contribution in [1.82, 2.24) is 10.2 Å². The van der Waals surface area contributed by atoms with Crippen LogP contribution in [0.15, 0.2) is 17.4 Å². The summed E-state index contributed by atoms with van der Waals surface area (Å²) in [6.45, 7) is -0.506. The lowest BCUT2D eigenvalue weighted by Crippen LogP contribution is -2.61. The Hall–Kier alpha value is -1.92. The standard InChI is InChI=1S/C9H14N6O5.H2O/c10-9(13-14-11)1-2-15(8(19)12-9)7-6(18)5(17)4(3-16)20-7;/h1-2,4-7,16-18H,3,10H2,(H,12,19);1H2/t4-,5-,6-,7-,9?;/m1./s1. The summed E-state index contributed by atoms with van der Waals surface area (Å²) < 4.78 is 5.19. The van der Waals surface area contributed by atoms with Crippen LogP contribution in [0.4, 0.5) is 4.79 Å². The van der Waals surface area contributed by atoms with E-state index in [2.05, 4.69) is 15.3 Å². The number of rotatable bonds is 3. The maximum Gasteiger partial charge on any atom is 0.325 e. The largest absolute Gasteiger partial charge is 0.412 e. The molecule has 0 saturated carbocycles. The molecule has 8 N–H and O–H groups in total. The fourth-order valence-electron chi connectivity index (χ4n) is 1.98. The monoisotopic (exact) mass is 304 g/mol. The number of hydrogen-bond donors (Lipinski definition) is 5. The number of aliphatic hydroxyl groups is 3. The maximum absolute atomic E-state index is 11.9. The van der Waals surface area contributed by atoms with Crippen LogP contribution in [-0.4, -0.2) is 68.7 Å². The number of amides is 2. The average Bonchev–Trinajstić information content (AvgIpc) is 2.66. The zero-order valence-corrected chi connectivity index (χ0v) is 10.7. The van der Waals surface area contributed by atoms with Crippen molar-refractivity contribution in [3.63, 3.8) is 0 Å². The highest BCUT2D eigenvalue weighted by molar-refractivity contribution is 5.78. The number of carbonyl (C=O) groups is 1. The van der Waals surface area contributed by atoms with Crippen LogP contribution in [0.5, 0.6) is 0 Å². The highest BCUT2D eigenvalue weighted by atomic mass is 16.6. The van der Waals surface area contributed by atoms with Gasteiger partial charge in [0.25, 0.3) is 0 Å². The fraction of sp³-hybridized carbons (Fsp3) is 0.667. The number of nitrogens with one attached hydrogen (secondary N) is 1. The van der Waals surface area contributed by atoms with E-state index in [4.69, 9.17) is 21.1 Å². The van der Waals surface area contributed by atoms with Crippen molar-refractivity contribution in [2.24, 2.45) is 10.8 Å². The van der Waals surface area contributed by atoms with Crippen LogP contribution in [0.3, 0.4) is 0 Å². The van der Waals surface area contributed by atoms with Gasteiger partial charge in [0.15, 0.2) is 12.0 Å². The molecule has 0 spiro atoms. The van der Waals surface area contributed by atoms with E-state index in [9.17, 15) is 15.0 Å². The van der Waals surface area contributed by atoms with Gasteiger partial charge in [-0.1, -0.05) is 0 Å². The Bertz CT molecular complexity index is 481. The Morgan fingerprint density at radius 2 is 2.24 bits per heavy atom. The summed E-state index contributed by atoms with van der Waals surface area (Å²) in [5.41, 5.74) is 13.9. The number of azide groups is 1. The number of ether oxygens (including phenoxy) is 1.